The van der Waals surface area contributed by atoms with Crippen LogP contribution in [0.4, 0.5) is 0 Å². The van der Waals surface area contributed by atoms with Gasteiger partial charge in [-0.2, -0.15) is 0 Å². The molecule has 3 heterocycles. The van der Waals surface area contributed by atoms with Gasteiger partial charge in [-0.05, 0) is 26.0 Å². The number of phenols is 1. The Morgan fingerprint density at radius 2 is 1.88 bits per heavy atom. The minimum absolute atomic E-state index is 0.117. The zero-order valence-electron chi connectivity index (χ0n) is 18.7. The molecule has 0 spiro atoms. The van der Waals surface area contributed by atoms with E-state index in [4.69, 9.17) is 13.9 Å². The SMILES string of the molecule is CCOC(=O)c1c(C)oc2c1c([C@H](c1ccccn1)N1CCOCC1)c(O)c1ccccc12. The lowest BCUT2D eigenvalue weighted by Gasteiger charge is -2.35. The van der Waals surface area contributed by atoms with Gasteiger partial charge in [-0.25, -0.2) is 4.79 Å². The van der Waals surface area contributed by atoms with E-state index < -0.39 is 12.0 Å². The Labute approximate surface area is 191 Å². The zero-order chi connectivity index (χ0) is 22.9. The van der Waals surface area contributed by atoms with E-state index in [0.717, 1.165) is 11.1 Å². The molecule has 0 radical (unpaired) electrons. The highest BCUT2D eigenvalue weighted by Gasteiger charge is 2.34. The molecule has 33 heavy (non-hydrogen) atoms. The molecule has 1 aliphatic rings. The van der Waals surface area contributed by atoms with Gasteiger partial charge in [-0.15, -0.1) is 0 Å². The first kappa shape index (κ1) is 21.4. The summed E-state index contributed by atoms with van der Waals surface area (Å²) < 4.78 is 17.1. The predicted octanol–water partition coefficient (Wildman–Crippen LogP) is 4.59. The van der Waals surface area contributed by atoms with E-state index >= 15 is 0 Å². The standard InChI is InChI=1S/C26H26N2O5/c1-3-32-26(30)20-16(2)33-25-18-9-5-4-8-17(18)24(29)22(21(20)25)23(19-10-6-7-11-27-19)28-12-14-31-15-13-28/h4-11,23,29H,3,12-15H2,1-2H3/t23-/m0/s1. The van der Waals surface area contributed by atoms with Crippen molar-refractivity contribution in [1.82, 2.24) is 9.88 Å². The molecule has 0 amide bonds. The van der Waals surface area contributed by atoms with Gasteiger partial charge in [0.2, 0.25) is 0 Å². The zero-order valence-corrected chi connectivity index (χ0v) is 18.7. The van der Waals surface area contributed by atoms with E-state index in [-0.39, 0.29) is 12.4 Å². The monoisotopic (exact) mass is 446 g/mol. The third kappa shape index (κ3) is 3.63. The Balaban J connectivity index is 1.89. The highest BCUT2D eigenvalue weighted by atomic mass is 16.5. The number of morpholine rings is 1. The molecule has 0 aliphatic carbocycles. The van der Waals surface area contributed by atoms with E-state index in [2.05, 4.69) is 9.88 Å². The first-order valence-electron chi connectivity index (χ1n) is 11.2. The largest absolute Gasteiger partial charge is 0.507 e. The third-order valence-electron chi connectivity index (χ3n) is 6.17. The van der Waals surface area contributed by atoms with Gasteiger partial charge in [-0.3, -0.25) is 9.88 Å². The third-order valence-corrected chi connectivity index (χ3v) is 6.17. The van der Waals surface area contributed by atoms with Gasteiger partial charge in [0.05, 0.1) is 31.6 Å². The van der Waals surface area contributed by atoms with Crippen LogP contribution in [0.3, 0.4) is 0 Å². The summed E-state index contributed by atoms with van der Waals surface area (Å²) in [4.78, 5) is 19.9. The lowest BCUT2D eigenvalue weighted by atomic mass is 9.90. The van der Waals surface area contributed by atoms with Gasteiger partial charge in [0.15, 0.2) is 0 Å². The van der Waals surface area contributed by atoms with Crippen LogP contribution in [0.25, 0.3) is 21.7 Å². The number of aromatic nitrogens is 1. The minimum atomic E-state index is -0.466. The molecule has 1 atom stereocenters. The van der Waals surface area contributed by atoms with Crippen molar-refractivity contribution in [3.05, 3.63) is 71.2 Å². The van der Waals surface area contributed by atoms with Crippen molar-refractivity contribution in [2.75, 3.05) is 32.9 Å². The van der Waals surface area contributed by atoms with Gasteiger partial charge >= 0.3 is 5.97 Å². The Kier molecular flexibility index (Phi) is 5.74. The summed E-state index contributed by atoms with van der Waals surface area (Å²) in [5.41, 5.74) is 2.29. The molecule has 2 aromatic heterocycles. The molecule has 1 N–H and O–H groups in total. The molecule has 1 aliphatic heterocycles. The summed E-state index contributed by atoms with van der Waals surface area (Å²) in [5.74, 6) is 0.111. The fraction of sp³-hybridized carbons (Fsp3) is 0.308. The summed E-state index contributed by atoms with van der Waals surface area (Å²) in [7, 11) is 0. The van der Waals surface area contributed by atoms with Crippen molar-refractivity contribution in [2.45, 2.75) is 19.9 Å². The Hall–Kier alpha value is -3.42. The molecule has 1 fully saturated rings. The molecule has 0 bridgehead atoms. The summed E-state index contributed by atoms with van der Waals surface area (Å²) in [6.07, 6.45) is 1.74. The molecule has 2 aromatic carbocycles. The molecule has 1 saturated heterocycles. The van der Waals surface area contributed by atoms with Crippen molar-refractivity contribution >= 4 is 27.7 Å². The van der Waals surface area contributed by atoms with Crippen molar-refractivity contribution in [3.63, 3.8) is 0 Å². The molecular weight excluding hydrogens is 420 g/mol. The molecule has 0 saturated carbocycles. The second-order valence-corrected chi connectivity index (χ2v) is 8.07. The number of phenolic OH excluding ortho intramolecular Hbond substituents is 1. The number of carbonyl (C=O) groups excluding carboxylic acids is 1. The van der Waals surface area contributed by atoms with E-state index in [0.29, 0.717) is 59.5 Å². The number of pyridine rings is 1. The smallest absolute Gasteiger partial charge is 0.342 e. The molecule has 5 rings (SSSR count). The van der Waals surface area contributed by atoms with Crippen LogP contribution in [0.5, 0.6) is 5.75 Å². The maximum absolute atomic E-state index is 13.1. The van der Waals surface area contributed by atoms with Crippen molar-refractivity contribution in [3.8, 4) is 5.75 Å². The van der Waals surface area contributed by atoms with Crippen LogP contribution in [0, 0.1) is 6.92 Å². The Bertz CT molecular complexity index is 1310. The van der Waals surface area contributed by atoms with Crippen LogP contribution in [-0.2, 0) is 9.47 Å². The Morgan fingerprint density at radius 1 is 1.15 bits per heavy atom. The molecule has 4 aromatic rings. The predicted molar refractivity (Wildman–Crippen MR) is 125 cm³/mol. The fourth-order valence-corrected chi connectivity index (χ4v) is 4.75. The maximum Gasteiger partial charge on any atom is 0.342 e. The summed E-state index contributed by atoms with van der Waals surface area (Å²) in [6.45, 7) is 6.26. The number of esters is 1. The first-order valence-corrected chi connectivity index (χ1v) is 11.2. The van der Waals surface area contributed by atoms with E-state index in [1.807, 2.05) is 42.5 Å². The number of aryl methyl sites for hydroxylation is 1. The molecule has 7 nitrogen and oxygen atoms in total. The number of carbonyl (C=O) groups is 1. The Morgan fingerprint density at radius 3 is 2.58 bits per heavy atom. The van der Waals surface area contributed by atoms with Crippen LogP contribution in [0.2, 0.25) is 0 Å². The van der Waals surface area contributed by atoms with Crippen LogP contribution >= 0.6 is 0 Å². The van der Waals surface area contributed by atoms with Gasteiger partial charge in [-0.1, -0.05) is 30.3 Å². The van der Waals surface area contributed by atoms with Crippen molar-refractivity contribution in [2.24, 2.45) is 0 Å². The maximum atomic E-state index is 13.1. The highest BCUT2D eigenvalue weighted by Crippen LogP contribution is 2.47. The lowest BCUT2D eigenvalue weighted by molar-refractivity contribution is 0.0231. The van der Waals surface area contributed by atoms with Crippen LogP contribution in [0.1, 0.15) is 40.3 Å². The number of furan rings is 1. The first-order chi connectivity index (χ1) is 16.1. The van der Waals surface area contributed by atoms with Gasteiger partial charge < -0.3 is 19.0 Å². The second-order valence-electron chi connectivity index (χ2n) is 8.07. The number of benzene rings is 2. The van der Waals surface area contributed by atoms with E-state index in [1.54, 1.807) is 20.0 Å². The number of hydrogen-bond donors (Lipinski definition) is 1. The highest BCUT2D eigenvalue weighted by molar-refractivity contribution is 6.16. The average Bonchev–Trinajstić information content (AvgIpc) is 3.20. The number of rotatable bonds is 5. The van der Waals surface area contributed by atoms with Crippen molar-refractivity contribution in [1.29, 1.82) is 0 Å². The van der Waals surface area contributed by atoms with Crippen LogP contribution < -0.4 is 0 Å². The number of ether oxygens (including phenoxy) is 2. The molecule has 170 valence electrons. The lowest BCUT2D eigenvalue weighted by Crippen LogP contribution is -2.40. The number of aromatic hydroxyl groups is 1. The van der Waals surface area contributed by atoms with Crippen LogP contribution in [-0.4, -0.2) is 53.9 Å². The second kappa shape index (κ2) is 8.84. The quantitative estimate of drug-likeness (QED) is 0.449. The van der Waals surface area contributed by atoms with E-state index in [9.17, 15) is 9.90 Å². The minimum Gasteiger partial charge on any atom is -0.507 e. The van der Waals surface area contributed by atoms with Gasteiger partial charge in [0.25, 0.3) is 0 Å². The number of fused-ring (bicyclic) bond motifs is 3. The van der Waals surface area contributed by atoms with Gasteiger partial charge in [0.1, 0.15) is 22.7 Å². The summed E-state index contributed by atoms with van der Waals surface area (Å²) in [6, 6.07) is 12.9. The molecule has 7 heteroatoms. The van der Waals surface area contributed by atoms with Crippen molar-refractivity contribution < 1.29 is 23.8 Å². The normalized spacial score (nSPS) is 15.7. The molecule has 0 unspecified atom stereocenters. The number of nitrogens with zero attached hydrogens (tertiary/aromatic N) is 2. The summed E-state index contributed by atoms with van der Waals surface area (Å²) >= 11 is 0. The molecular formula is C26H26N2O5. The number of hydrogen-bond acceptors (Lipinski definition) is 7. The average molecular weight is 447 g/mol. The van der Waals surface area contributed by atoms with Crippen LogP contribution in [0.15, 0.2) is 53.1 Å². The topological polar surface area (TPSA) is 85.0 Å². The summed E-state index contributed by atoms with van der Waals surface area (Å²) in [5, 5.41) is 13.7. The van der Waals surface area contributed by atoms with Gasteiger partial charge in [0, 0.05) is 41.0 Å². The van der Waals surface area contributed by atoms with E-state index in [1.165, 1.54) is 0 Å². The fourth-order valence-electron chi connectivity index (χ4n) is 4.75.